The van der Waals surface area contributed by atoms with Crippen molar-refractivity contribution in [3.63, 3.8) is 0 Å². The quantitative estimate of drug-likeness (QED) is 0.866. The van der Waals surface area contributed by atoms with E-state index in [1.54, 1.807) is 24.3 Å². The lowest BCUT2D eigenvalue weighted by atomic mass is 10.0. The Morgan fingerprint density at radius 3 is 2.14 bits per heavy atom. The van der Waals surface area contributed by atoms with Gasteiger partial charge in [0.05, 0.1) is 6.04 Å². The zero-order valence-electron chi connectivity index (χ0n) is 12.9. The van der Waals surface area contributed by atoms with Crippen molar-refractivity contribution in [3.05, 3.63) is 29.8 Å². The minimum atomic E-state index is -0.105. The molecule has 0 bridgehead atoms. The Morgan fingerprint density at radius 1 is 1.05 bits per heavy atom. The molecule has 0 saturated carbocycles. The van der Waals surface area contributed by atoms with Crippen LogP contribution in [0.1, 0.15) is 49.9 Å². The predicted molar refractivity (Wildman–Crippen MR) is 84.6 cm³/mol. The molecule has 0 spiro atoms. The van der Waals surface area contributed by atoms with Gasteiger partial charge in [-0.25, -0.2) is 0 Å². The highest BCUT2D eigenvalue weighted by Gasteiger charge is 2.23. The first kappa shape index (κ1) is 15.7. The molecule has 114 valence electrons. The minimum absolute atomic E-state index is 0.0743. The third-order valence-corrected chi connectivity index (χ3v) is 4.06. The molecule has 0 aliphatic carbocycles. The number of carbonyl (C=O) groups is 2. The standard InChI is InChI=1S/C17H24N2O2/c1-13(19-11-5-3-4-6-12-19)17(21)15-7-9-16(10-8-15)18-14(2)20/h7-10,13H,3-6,11-12H2,1-2H3,(H,18,20). The number of ketones is 1. The average molecular weight is 288 g/mol. The van der Waals surface area contributed by atoms with E-state index in [4.69, 9.17) is 0 Å². The van der Waals surface area contributed by atoms with Crippen LogP contribution < -0.4 is 5.32 Å². The number of nitrogens with one attached hydrogen (secondary N) is 1. The van der Waals surface area contributed by atoms with Crippen molar-refractivity contribution in [2.75, 3.05) is 18.4 Å². The van der Waals surface area contributed by atoms with E-state index in [1.165, 1.54) is 32.6 Å². The van der Waals surface area contributed by atoms with Crippen molar-refractivity contribution in [3.8, 4) is 0 Å². The fourth-order valence-corrected chi connectivity index (χ4v) is 2.81. The lowest BCUT2D eigenvalue weighted by molar-refractivity contribution is -0.114. The van der Waals surface area contributed by atoms with Crippen LogP contribution >= 0.6 is 0 Å². The number of rotatable bonds is 4. The number of likely N-dealkylation sites (tertiary alicyclic amines) is 1. The zero-order chi connectivity index (χ0) is 15.2. The fourth-order valence-electron chi connectivity index (χ4n) is 2.81. The van der Waals surface area contributed by atoms with Gasteiger partial charge < -0.3 is 5.32 Å². The number of Topliss-reactive ketones (excluding diaryl/α,β-unsaturated/α-hetero) is 1. The van der Waals surface area contributed by atoms with Crippen molar-refractivity contribution in [2.45, 2.75) is 45.6 Å². The van der Waals surface area contributed by atoms with E-state index in [2.05, 4.69) is 10.2 Å². The molecule has 1 amide bonds. The zero-order valence-corrected chi connectivity index (χ0v) is 12.9. The first-order valence-electron chi connectivity index (χ1n) is 7.74. The Bertz CT molecular complexity index is 488. The van der Waals surface area contributed by atoms with Crippen LogP contribution in [-0.2, 0) is 4.79 Å². The van der Waals surface area contributed by atoms with Crippen molar-refractivity contribution >= 4 is 17.4 Å². The monoisotopic (exact) mass is 288 g/mol. The van der Waals surface area contributed by atoms with Crippen molar-refractivity contribution in [1.29, 1.82) is 0 Å². The Labute approximate surface area is 126 Å². The second kappa shape index (κ2) is 7.36. The SMILES string of the molecule is CC(=O)Nc1ccc(C(=O)C(C)N2CCCCCC2)cc1. The first-order valence-corrected chi connectivity index (χ1v) is 7.74. The first-order chi connectivity index (χ1) is 10.1. The van der Waals surface area contributed by atoms with Crippen molar-refractivity contribution in [2.24, 2.45) is 0 Å². The van der Waals surface area contributed by atoms with Crippen LogP contribution in [0, 0.1) is 0 Å². The van der Waals surface area contributed by atoms with Crippen LogP contribution in [0.25, 0.3) is 0 Å². The smallest absolute Gasteiger partial charge is 0.221 e. The summed E-state index contributed by atoms with van der Waals surface area (Å²) in [6, 6.07) is 7.08. The third-order valence-electron chi connectivity index (χ3n) is 4.06. The highest BCUT2D eigenvalue weighted by Crippen LogP contribution is 2.17. The molecule has 1 atom stereocenters. The summed E-state index contributed by atoms with van der Waals surface area (Å²) >= 11 is 0. The van der Waals surface area contributed by atoms with Gasteiger partial charge in [-0.3, -0.25) is 14.5 Å². The van der Waals surface area contributed by atoms with Crippen molar-refractivity contribution in [1.82, 2.24) is 4.90 Å². The lowest BCUT2D eigenvalue weighted by Gasteiger charge is -2.26. The van der Waals surface area contributed by atoms with Crippen LogP contribution in [0.5, 0.6) is 0 Å². The summed E-state index contributed by atoms with van der Waals surface area (Å²) in [4.78, 5) is 25.8. The van der Waals surface area contributed by atoms with E-state index < -0.39 is 0 Å². The van der Waals surface area contributed by atoms with E-state index in [9.17, 15) is 9.59 Å². The molecule has 1 unspecified atom stereocenters. The highest BCUT2D eigenvalue weighted by molar-refractivity contribution is 6.00. The summed E-state index contributed by atoms with van der Waals surface area (Å²) < 4.78 is 0. The Balaban J connectivity index is 2.02. The largest absolute Gasteiger partial charge is 0.326 e. The summed E-state index contributed by atoms with van der Waals surface area (Å²) in [6.45, 7) is 5.49. The van der Waals surface area contributed by atoms with Gasteiger partial charge in [0.1, 0.15) is 0 Å². The lowest BCUT2D eigenvalue weighted by Crippen LogP contribution is -2.39. The summed E-state index contributed by atoms with van der Waals surface area (Å²) in [7, 11) is 0. The minimum Gasteiger partial charge on any atom is -0.326 e. The molecule has 1 heterocycles. The molecule has 4 nitrogen and oxygen atoms in total. The predicted octanol–water partition coefficient (Wildman–Crippen LogP) is 3.09. The summed E-state index contributed by atoms with van der Waals surface area (Å²) in [5.74, 6) is 0.0540. The van der Waals surface area contributed by atoms with Gasteiger partial charge in [0, 0.05) is 18.2 Å². The van der Waals surface area contributed by atoms with E-state index in [0.29, 0.717) is 5.56 Å². The van der Waals surface area contributed by atoms with Crippen LogP contribution in [0.3, 0.4) is 0 Å². The van der Waals surface area contributed by atoms with E-state index in [-0.39, 0.29) is 17.7 Å². The maximum atomic E-state index is 12.6. The molecule has 1 saturated heterocycles. The molecular formula is C17H24N2O2. The molecule has 4 heteroatoms. The number of carbonyl (C=O) groups excluding carboxylic acids is 2. The average Bonchev–Trinajstić information content (AvgIpc) is 2.75. The normalized spacial score (nSPS) is 17.8. The maximum absolute atomic E-state index is 12.6. The molecule has 21 heavy (non-hydrogen) atoms. The number of hydrogen-bond acceptors (Lipinski definition) is 3. The Hall–Kier alpha value is -1.68. The summed E-state index contributed by atoms with van der Waals surface area (Å²) in [6.07, 6.45) is 4.89. The summed E-state index contributed by atoms with van der Waals surface area (Å²) in [5.41, 5.74) is 1.43. The molecular weight excluding hydrogens is 264 g/mol. The molecule has 1 fully saturated rings. The molecule has 1 N–H and O–H groups in total. The Kier molecular flexibility index (Phi) is 5.51. The topological polar surface area (TPSA) is 49.4 Å². The van der Waals surface area contributed by atoms with Crippen LogP contribution in [0.2, 0.25) is 0 Å². The summed E-state index contributed by atoms with van der Waals surface area (Å²) in [5, 5.41) is 2.71. The Morgan fingerprint density at radius 2 is 1.62 bits per heavy atom. The van der Waals surface area contributed by atoms with Gasteiger partial charge in [-0.1, -0.05) is 12.8 Å². The van der Waals surface area contributed by atoms with Gasteiger partial charge in [-0.05, 0) is 57.1 Å². The third kappa shape index (κ3) is 4.39. The van der Waals surface area contributed by atoms with Gasteiger partial charge in [-0.15, -0.1) is 0 Å². The molecule has 1 aromatic rings. The fraction of sp³-hybridized carbons (Fsp3) is 0.529. The number of amides is 1. The second-order valence-corrected chi connectivity index (χ2v) is 5.75. The molecule has 0 radical (unpaired) electrons. The van der Waals surface area contributed by atoms with Crippen LogP contribution in [0.15, 0.2) is 24.3 Å². The molecule has 1 aliphatic heterocycles. The number of benzene rings is 1. The molecule has 1 aromatic carbocycles. The molecule has 0 aromatic heterocycles. The highest BCUT2D eigenvalue weighted by atomic mass is 16.1. The number of hydrogen-bond donors (Lipinski definition) is 1. The maximum Gasteiger partial charge on any atom is 0.221 e. The van der Waals surface area contributed by atoms with E-state index >= 15 is 0 Å². The van der Waals surface area contributed by atoms with Gasteiger partial charge in [0.15, 0.2) is 5.78 Å². The van der Waals surface area contributed by atoms with E-state index in [1.807, 2.05) is 6.92 Å². The van der Waals surface area contributed by atoms with Gasteiger partial charge >= 0.3 is 0 Å². The number of nitrogens with zero attached hydrogens (tertiary/aromatic N) is 1. The molecule has 2 rings (SSSR count). The van der Waals surface area contributed by atoms with Crippen LogP contribution in [0.4, 0.5) is 5.69 Å². The van der Waals surface area contributed by atoms with Crippen LogP contribution in [-0.4, -0.2) is 35.7 Å². The van der Waals surface area contributed by atoms with Crippen molar-refractivity contribution < 1.29 is 9.59 Å². The number of anilines is 1. The van der Waals surface area contributed by atoms with Gasteiger partial charge in [-0.2, -0.15) is 0 Å². The molecule has 1 aliphatic rings. The van der Waals surface area contributed by atoms with Gasteiger partial charge in [0.25, 0.3) is 0 Å². The second-order valence-electron chi connectivity index (χ2n) is 5.75. The van der Waals surface area contributed by atoms with Gasteiger partial charge in [0.2, 0.25) is 5.91 Å². The van der Waals surface area contributed by atoms with E-state index in [0.717, 1.165) is 18.8 Å².